The molecule has 0 spiro atoms. The first-order valence-electron chi connectivity index (χ1n) is 8.83. The first-order valence-corrected chi connectivity index (χ1v) is 9.21. The zero-order valence-electron chi connectivity index (χ0n) is 15.7. The fourth-order valence-electron chi connectivity index (χ4n) is 3.07. The van der Waals surface area contributed by atoms with Crippen molar-refractivity contribution in [3.63, 3.8) is 0 Å². The van der Waals surface area contributed by atoms with Crippen LogP contribution in [0.5, 0.6) is 0 Å². The predicted octanol–water partition coefficient (Wildman–Crippen LogP) is 5.55. The quantitative estimate of drug-likeness (QED) is 0.604. The molecule has 1 N–H and O–H groups in total. The van der Waals surface area contributed by atoms with Crippen molar-refractivity contribution in [3.05, 3.63) is 64.9 Å². The van der Waals surface area contributed by atoms with Crippen LogP contribution in [-0.4, -0.2) is 27.5 Å². The van der Waals surface area contributed by atoms with E-state index >= 15 is 0 Å². The summed E-state index contributed by atoms with van der Waals surface area (Å²) >= 11 is 5.91. The molecule has 8 heteroatoms. The molecule has 0 aliphatic carbocycles. The van der Waals surface area contributed by atoms with Gasteiger partial charge in [0.2, 0.25) is 0 Å². The summed E-state index contributed by atoms with van der Waals surface area (Å²) in [6, 6.07) is 12.6. The summed E-state index contributed by atoms with van der Waals surface area (Å²) in [7, 11) is 1.65. The number of amides is 2. The number of hydrogen-bond donors (Lipinski definition) is 1. The lowest BCUT2D eigenvalue weighted by atomic mass is 10.1. The van der Waals surface area contributed by atoms with Gasteiger partial charge in [0, 0.05) is 12.1 Å². The Labute approximate surface area is 166 Å². The minimum absolute atomic E-state index is 0.108. The van der Waals surface area contributed by atoms with Crippen LogP contribution in [0.15, 0.2) is 48.5 Å². The van der Waals surface area contributed by atoms with Gasteiger partial charge in [-0.05, 0) is 43.7 Å². The summed E-state index contributed by atoms with van der Waals surface area (Å²) in [5, 5.41) is 3.37. The number of nitrogens with zero attached hydrogens (tertiary/aromatic N) is 3. The first-order chi connectivity index (χ1) is 13.3. The largest absolute Gasteiger partial charge is 0.328 e. The number of carbonyl (C=O) groups excluding carboxylic acids is 1. The number of alkyl halides is 2. The summed E-state index contributed by atoms with van der Waals surface area (Å²) in [6.07, 6.45) is 0. The van der Waals surface area contributed by atoms with Crippen LogP contribution in [0.4, 0.5) is 13.6 Å². The van der Waals surface area contributed by atoms with Crippen LogP contribution in [-0.2, 0) is 0 Å². The van der Waals surface area contributed by atoms with Crippen molar-refractivity contribution in [1.29, 1.82) is 0 Å². The maximum Gasteiger partial charge on any atom is 0.320 e. The second-order valence-corrected chi connectivity index (χ2v) is 7.05. The topological polar surface area (TPSA) is 50.2 Å². The van der Waals surface area contributed by atoms with E-state index in [4.69, 9.17) is 11.6 Å². The highest BCUT2D eigenvalue weighted by molar-refractivity contribution is 6.30. The third-order valence-electron chi connectivity index (χ3n) is 4.80. The molecule has 0 aliphatic heterocycles. The van der Waals surface area contributed by atoms with Gasteiger partial charge in [-0.15, -0.1) is 0 Å². The Hall–Kier alpha value is -2.67. The zero-order chi connectivity index (χ0) is 20.4. The van der Waals surface area contributed by atoms with Gasteiger partial charge in [0.15, 0.2) is 0 Å². The van der Waals surface area contributed by atoms with Gasteiger partial charge in [-0.25, -0.2) is 9.78 Å². The van der Waals surface area contributed by atoms with Crippen LogP contribution in [0, 0.1) is 0 Å². The molecule has 5 nitrogen and oxygen atoms in total. The highest BCUT2D eigenvalue weighted by atomic mass is 35.5. The van der Waals surface area contributed by atoms with Crippen molar-refractivity contribution in [2.45, 2.75) is 32.5 Å². The maximum absolute atomic E-state index is 13.6. The molecule has 1 heterocycles. The number of imidazole rings is 1. The molecule has 0 saturated heterocycles. The first kappa shape index (κ1) is 20.1. The molecule has 0 radical (unpaired) electrons. The molecule has 2 amide bonds. The van der Waals surface area contributed by atoms with Crippen molar-refractivity contribution >= 4 is 28.7 Å². The molecule has 3 aromatic rings. The number of urea groups is 1. The lowest BCUT2D eigenvalue weighted by molar-refractivity contribution is 0.0697. The molecule has 0 saturated carbocycles. The Morgan fingerprint density at radius 3 is 2.43 bits per heavy atom. The van der Waals surface area contributed by atoms with Crippen molar-refractivity contribution in [1.82, 2.24) is 19.8 Å². The van der Waals surface area contributed by atoms with E-state index in [1.54, 1.807) is 50.4 Å². The van der Waals surface area contributed by atoms with Gasteiger partial charge >= 0.3 is 12.6 Å². The summed E-state index contributed by atoms with van der Waals surface area (Å²) < 4.78 is 28.1. The Bertz CT molecular complexity index is 974. The number of rotatable bonds is 5. The van der Waals surface area contributed by atoms with Gasteiger partial charge in [-0.1, -0.05) is 35.9 Å². The second kappa shape index (κ2) is 8.14. The Morgan fingerprint density at radius 1 is 1.14 bits per heavy atom. The number of para-hydroxylation sites is 2. The number of halogens is 3. The van der Waals surface area contributed by atoms with E-state index in [1.807, 2.05) is 19.1 Å². The normalized spacial score (nSPS) is 13.5. The molecule has 0 bridgehead atoms. The lowest BCUT2D eigenvalue weighted by Crippen LogP contribution is -2.40. The van der Waals surface area contributed by atoms with E-state index in [2.05, 4.69) is 10.3 Å². The number of fused-ring (bicyclic) bond motifs is 1. The van der Waals surface area contributed by atoms with Crippen molar-refractivity contribution in [2.75, 3.05) is 7.05 Å². The third kappa shape index (κ3) is 3.94. The standard InChI is InChI=1S/C20H21ClF2N4O/c1-12(18-25-16-6-4-5-7-17(16)27(18)19(22)23)24-20(28)26(3)13(2)14-8-10-15(21)11-9-14/h4-13,19H,1-3H3,(H,24,28)/t12-,13+/m1/s1. The highest BCUT2D eigenvalue weighted by Crippen LogP contribution is 2.27. The van der Waals surface area contributed by atoms with Gasteiger partial charge < -0.3 is 10.2 Å². The van der Waals surface area contributed by atoms with Crippen LogP contribution in [0.2, 0.25) is 5.02 Å². The van der Waals surface area contributed by atoms with Gasteiger partial charge in [0.05, 0.1) is 23.1 Å². The zero-order valence-corrected chi connectivity index (χ0v) is 16.5. The van der Waals surface area contributed by atoms with Gasteiger partial charge in [-0.2, -0.15) is 8.78 Å². The average molecular weight is 407 g/mol. The second-order valence-electron chi connectivity index (χ2n) is 6.62. The monoisotopic (exact) mass is 406 g/mol. The summed E-state index contributed by atoms with van der Waals surface area (Å²) in [5.41, 5.74) is 1.70. The molecular weight excluding hydrogens is 386 g/mol. The average Bonchev–Trinajstić information content (AvgIpc) is 3.07. The molecule has 1 aromatic heterocycles. The van der Waals surface area contributed by atoms with Gasteiger partial charge in [-0.3, -0.25) is 4.57 Å². The molecule has 0 unspecified atom stereocenters. The number of benzene rings is 2. The van der Waals surface area contributed by atoms with E-state index < -0.39 is 12.6 Å². The van der Waals surface area contributed by atoms with Crippen LogP contribution in [0.25, 0.3) is 11.0 Å². The maximum atomic E-state index is 13.6. The van der Waals surface area contributed by atoms with E-state index in [1.165, 1.54) is 4.90 Å². The predicted molar refractivity (Wildman–Crippen MR) is 106 cm³/mol. The van der Waals surface area contributed by atoms with E-state index in [0.29, 0.717) is 16.1 Å². The molecule has 28 heavy (non-hydrogen) atoms. The van der Waals surface area contributed by atoms with E-state index in [-0.39, 0.29) is 17.9 Å². The Morgan fingerprint density at radius 2 is 1.79 bits per heavy atom. The van der Waals surface area contributed by atoms with E-state index in [9.17, 15) is 13.6 Å². The number of hydrogen-bond acceptors (Lipinski definition) is 2. The van der Waals surface area contributed by atoms with Crippen molar-refractivity contribution in [2.24, 2.45) is 0 Å². The minimum atomic E-state index is -2.76. The van der Waals surface area contributed by atoms with Gasteiger partial charge in [0.1, 0.15) is 5.82 Å². The fraction of sp³-hybridized carbons (Fsp3) is 0.300. The summed E-state index contributed by atoms with van der Waals surface area (Å²) in [5.74, 6) is 0.108. The summed E-state index contributed by atoms with van der Waals surface area (Å²) in [6.45, 7) is 0.758. The molecule has 3 rings (SSSR count). The molecule has 0 fully saturated rings. The number of aromatic nitrogens is 2. The van der Waals surface area contributed by atoms with Crippen LogP contribution >= 0.6 is 11.6 Å². The Balaban J connectivity index is 1.79. The number of carbonyl (C=O) groups is 1. The highest BCUT2D eigenvalue weighted by Gasteiger charge is 2.25. The van der Waals surface area contributed by atoms with E-state index in [0.717, 1.165) is 10.1 Å². The molecule has 2 aromatic carbocycles. The van der Waals surface area contributed by atoms with Crippen molar-refractivity contribution in [3.8, 4) is 0 Å². The fourth-order valence-corrected chi connectivity index (χ4v) is 3.19. The molecule has 148 valence electrons. The van der Waals surface area contributed by atoms with Gasteiger partial charge in [0.25, 0.3) is 0 Å². The van der Waals surface area contributed by atoms with Crippen molar-refractivity contribution < 1.29 is 13.6 Å². The lowest BCUT2D eigenvalue weighted by Gasteiger charge is -2.27. The van der Waals surface area contributed by atoms with Crippen LogP contribution in [0.3, 0.4) is 0 Å². The smallest absolute Gasteiger partial charge is 0.320 e. The van der Waals surface area contributed by atoms with Crippen LogP contribution in [0.1, 0.15) is 43.9 Å². The van der Waals surface area contributed by atoms with Crippen LogP contribution < -0.4 is 5.32 Å². The minimum Gasteiger partial charge on any atom is -0.328 e. The Kier molecular flexibility index (Phi) is 5.84. The molecule has 0 aliphatic rings. The third-order valence-corrected chi connectivity index (χ3v) is 5.05. The molecular formula is C20H21ClF2N4O. The summed E-state index contributed by atoms with van der Waals surface area (Å²) in [4.78, 5) is 18.5. The SMILES string of the molecule is C[C@@H](NC(=O)N(C)[C@@H](C)c1ccc(Cl)cc1)c1nc2ccccc2n1C(F)F. The number of nitrogens with one attached hydrogen (secondary N) is 1. The molecule has 2 atom stereocenters.